The number of ether oxygens (including phenoxy) is 1. The molecule has 0 aliphatic rings. The first-order valence-corrected chi connectivity index (χ1v) is 5.62. The third-order valence-electron chi connectivity index (χ3n) is 2.14. The van der Waals surface area contributed by atoms with E-state index in [9.17, 15) is 0 Å². The van der Waals surface area contributed by atoms with E-state index in [2.05, 4.69) is 13.8 Å². The van der Waals surface area contributed by atoms with Gasteiger partial charge in [-0.1, -0.05) is 31.5 Å². The molecule has 0 radical (unpaired) electrons. The lowest BCUT2D eigenvalue weighted by Crippen LogP contribution is -2.11. The van der Waals surface area contributed by atoms with Crippen molar-refractivity contribution in [1.82, 2.24) is 0 Å². The van der Waals surface area contributed by atoms with Gasteiger partial charge in [-0.15, -0.1) is 11.6 Å². The third-order valence-corrected chi connectivity index (χ3v) is 2.43. The first-order chi connectivity index (χ1) is 6.77. The smallest absolute Gasteiger partial charge is 0.124 e. The van der Waals surface area contributed by atoms with Crippen LogP contribution in [0.3, 0.4) is 0 Å². The normalized spacial score (nSPS) is 12.5. The highest BCUT2D eigenvalue weighted by molar-refractivity contribution is 6.17. The molecule has 0 aromatic heterocycles. The van der Waals surface area contributed by atoms with Gasteiger partial charge in [-0.2, -0.15) is 0 Å². The summed E-state index contributed by atoms with van der Waals surface area (Å²) < 4.78 is 5.79. The summed E-state index contributed by atoms with van der Waals surface area (Å²) in [6.07, 6.45) is 2.49. The third kappa shape index (κ3) is 3.22. The Morgan fingerprint density at radius 2 is 2.07 bits per heavy atom. The number of benzene rings is 1. The molecule has 1 aromatic carbocycles. The molecule has 0 N–H and O–H groups in total. The Bertz CT molecular complexity index is 273. The van der Waals surface area contributed by atoms with Gasteiger partial charge in [-0.25, -0.2) is 0 Å². The first-order valence-electron chi connectivity index (χ1n) is 5.08. The maximum atomic E-state index is 5.81. The summed E-state index contributed by atoms with van der Waals surface area (Å²) in [5, 5.41) is 0. The van der Waals surface area contributed by atoms with E-state index in [1.54, 1.807) is 0 Å². The van der Waals surface area contributed by atoms with E-state index in [-0.39, 0.29) is 6.10 Å². The van der Waals surface area contributed by atoms with Gasteiger partial charge in [0.1, 0.15) is 5.75 Å². The van der Waals surface area contributed by atoms with E-state index in [4.69, 9.17) is 16.3 Å². The van der Waals surface area contributed by atoms with Gasteiger partial charge in [0, 0.05) is 5.56 Å². The standard InChI is InChI=1S/C12H17ClO/c1-3-6-10(2)14-12-8-5-4-7-11(12)9-13/h4-5,7-8,10H,3,6,9H2,1-2H3. The fourth-order valence-electron chi connectivity index (χ4n) is 1.41. The second-order valence-corrected chi connectivity index (χ2v) is 3.73. The maximum absolute atomic E-state index is 5.81. The van der Waals surface area contributed by atoms with Crippen molar-refractivity contribution in [3.8, 4) is 5.75 Å². The first kappa shape index (κ1) is 11.4. The summed E-state index contributed by atoms with van der Waals surface area (Å²) >= 11 is 5.81. The lowest BCUT2D eigenvalue weighted by Gasteiger charge is -2.15. The summed E-state index contributed by atoms with van der Waals surface area (Å²) in [7, 11) is 0. The highest BCUT2D eigenvalue weighted by Gasteiger charge is 2.05. The van der Waals surface area contributed by atoms with Crippen LogP contribution in [0.15, 0.2) is 24.3 Å². The summed E-state index contributed by atoms with van der Waals surface area (Å²) in [4.78, 5) is 0. The van der Waals surface area contributed by atoms with E-state index >= 15 is 0 Å². The molecule has 1 aromatic rings. The lowest BCUT2D eigenvalue weighted by molar-refractivity contribution is 0.208. The number of alkyl halides is 1. The van der Waals surface area contributed by atoms with Crippen LogP contribution >= 0.6 is 11.6 Å². The Hall–Kier alpha value is -0.690. The van der Waals surface area contributed by atoms with Gasteiger partial charge in [-0.3, -0.25) is 0 Å². The molecule has 0 bridgehead atoms. The Balaban J connectivity index is 2.65. The zero-order chi connectivity index (χ0) is 10.4. The zero-order valence-electron chi connectivity index (χ0n) is 8.79. The number of hydrogen-bond donors (Lipinski definition) is 0. The SMILES string of the molecule is CCCC(C)Oc1ccccc1CCl. The zero-order valence-corrected chi connectivity index (χ0v) is 9.55. The van der Waals surface area contributed by atoms with E-state index in [0.29, 0.717) is 5.88 Å². The molecule has 14 heavy (non-hydrogen) atoms. The van der Waals surface area contributed by atoms with Crippen molar-refractivity contribution < 1.29 is 4.74 Å². The molecule has 0 saturated carbocycles. The molecule has 1 rings (SSSR count). The molecule has 2 heteroatoms. The van der Waals surface area contributed by atoms with Crippen molar-refractivity contribution in [2.75, 3.05) is 0 Å². The van der Waals surface area contributed by atoms with Crippen molar-refractivity contribution in [1.29, 1.82) is 0 Å². The second-order valence-electron chi connectivity index (χ2n) is 3.46. The summed E-state index contributed by atoms with van der Waals surface area (Å²) in [5.74, 6) is 1.43. The minimum Gasteiger partial charge on any atom is -0.490 e. The molecule has 1 unspecified atom stereocenters. The number of para-hydroxylation sites is 1. The van der Waals surface area contributed by atoms with Crippen LogP contribution in [0.4, 0.5) is 0 Å². The van der Waals surface area contributed by atoms with Gasteiger partial charge < -0.3 is 4.74 Å². The van der Waals surface area contributed by atoms with Gasteiger partial charge in [0.05, 0.1) is 12.0 Å². The highest BCUT2D eigenvalue weighted by Crippen LogP contribution is 2.21. The van der Waals surface area contributed by atoms with Crippen molar-refractivity contribution in [3.63, 3.8) is 0 Å². The average Bonchev–Trinajstić information content (AvgIpc) is 2.19. The largest absolute Gasteiger partial charge is 0.490 e. The monoisotopic (exact) mass is 212 g/mol. The topological polar surface area (TPSA) is 9.23 Å². The molecule has 1 nitrogen and oxygen atoms in total. The molecular formula is C12H17ClO. The predicted molar refractivity (Wildman–Crippen MR) is 61.0 cm³/mol. The van der Waals surface area contributed by atoms with Gasteiger partial charge in [-0.05, 0) is 19.4 Å². The fraction of sp³-hybridized carbons (Fsp3) is 0.500. The van der Waals surface area contributed by atoms with Crippen LogP contribution in [0.25, 0.3) is 0 Å². The van der Waals surface area contributed by atoms with Gasteiger partial charge in [0.15, 0.2) is 0 Å². The lowest BCUT2D eigenvalue weighted by atomic mass is 10.2. The molecule has 0 aliphatic carbocycles. The number of rotatable bonds is 5. The van der Waals surface area contributed by atoms with Gasteiger partial charge in [0.25, 0.3) is 0 Å². The summed E-state index contributed by atoms with van der Waals surface area (Å²) in [5.41, 5.74) is 1.07. The molecule has 0 heterocycles. The molecule has 0 aliphatic heterocycles. The minimum atomic E-state index is 0.268. The second kappa shape index (κ2) is 5.92. The van der Waals surface area contributed by atoms with Crippen LogP contribution < -0.4 is 4.74 Å². The molecule has 0 saturated heterocycles. The van der Waals surface area contributed by atoms with E-state index in [1.165, 1.54) is 0 Å². The fourth-order valence-corrected chi connectivity index (χ4v) is 1.63. The Morgan fingerprint density at radius 1 is 1.36 bits per heavy atom. The van der Waals surface area contributed by atoms with E-state index < -0.39 is 0 Å². The van der Waals surface area contributed by atoms with Crippen molar-refractivity contribution in [2.45, 2.75) is 38.7 Å². The molecule has 78 valence electrons. The summed E-state index contributed by atoms with van der Waals surface area (Å²) in [6, 6.07) is 7.93. The number of halogens is 1. The van der Waals surface area contributed by atoms with Crippen LogP contribution in [-0.4, -0.2) is 6.10 Å². The van der Waals surface area contributed by atoms with Crippen molar-refractivity contribution in [3.05, 3.63) is 29.8 Å². The molecule has 1 atom stereocenters. The molecule has 0 spiro atoms. The molecular weight excluding hydrogens is 196 g/mol. The average molecular weight is 213 g/mol. The predicted octanol–water partition coefficient (Wildman–Crippen LogP) is 3.99. The molecule has 0 amide bonds. The van der Waals surface area contributed by atoms with Crippen LogP contribution in [0.2, 0.25) is 0 Å². The Kier molecular flexibility index (Phi) is 4.81. The number of hydrogen-bond acceptors (Lipinski definition) is 1. The van der Waals surface area contributed by atoms with Gasteiger partial charge >= 0.3 is 0 Å². The minimum absolute atomic E-state index is 0.268. The van der Waals surface area contributed by atoms with Crippen molar-refractivity contribution in [2.24, 2.45) is 0 Å². The molecule has 0 fully saturated rings. The van der Waals surface area contributed by atoms with Crippen LogP contribution in [0.1, 0.15) is 32.3 Å². The van der Waals surface area contributed by atoms with Crippen LogP contribution in [0.5, 0.6) is 5.75 Å². The van der Waals surface area contributed by atoms with Crippen LogP contribution in [-0.2, 0) is 5.88 Å². The quantitative estimate of drug-likeness (QED) is 0.671. The van der Waals surface area contributed by atoms with Gasteiger partial charge in [0.2, 0.25) is 0 Å². The summed E-state index contributed by atoms with van der Waals surface area (Å²) in [6.45, 7) is 4.25. The van der Waals surface area contributed by atoms with Crippen LogP contribution in [0, 0.1) is 0 Å². The maximum Gasteiger partial charge on any atom is 0.124 e. The van der Waals surface area contributed by atoms with E-state index in [0.717, 1.165) is 24.2 Å². The Morgan fingerprint density at radius 3 is 2.71 bits per heavy atom. The highest BCUT2D eigenvalue weighted by atomic mass is 35.5. The van der Waals surface area contributed by atoms with Crippen molar-refractivity contribution >= 4 is 11.6 Å². The Labute approximate surface area is 91.0 Å². The van der Waals surface area contributed by atoms with E-state index in [1.807, 2.05) is 24.3 Å².